The van der Waals surface area contributed by atoms with Gasteiger partial charge in [-0.15, -0.1) is 0 Å². The van der Waals surface area contributed by atoms with Gasteiger partial charge in [-0.2, -0.15) is 0 Å². The van der Waals surface area contributed by atoms with Crippen LogP contribution in [-0.2, 0) is 9.59 Å². The lowest BCUT2D eigenvalue weighted by molar-refractivity contribution is -0.225. The van der Waals surface area contributed by atoms with Gasteiger partial charge in [-0.3, -0.25) is 9.59 Å². The Kier molecular flexibility index (Phi) is 4.36. The Morgan fingerprint density at radius 1 is 1.28 bits per heavy atom. The van der Waals surface area contributed by atoms with Gasteiger partial charge >= 0.3 is 0 Å². The Balaban J connectivity index is 1.83. The van der Waals surface area contributed by atoms with Crippen molar-refractivity contribution in [3.05, 3.63) is 23.8 Å². The normalized spacial score (nSPS) is 51.3. The molecular weight excluding hydrogens is 379 g/mol. The molecule has 4 N–H and O–H groups in total. The van der Waals surface area contributed by atoms with Crippen LogP contribution in [0.15, 0.2) is 23.8 Å². The number of halogens is 1. The third-order valence-corrected chi connectivity index (χ3v) is 8.83. The Labute approximate surface area is 169 Å². The second-order valence-electron chi connectivity index (χ2n) is 9.91. The maximum absolute atomic E-state index is 16.9. The third-order valence-electron chi connectivity index (χ3n) is 8.83. The maximum Gasteiger partial charge on any atom is 0.220 e. The molecule has 8 atom stereocenters. The molecule has 0 spiro atoms. The van der Waals surface area contributed by atoms with Crippen LogP contribution < -0.4 is 0 Å². The molecule has 0 aromatic heterocycles. The highest BCUT2D eigenvalue weighted by Crippen LogP contribution is 2.70. The topological polar surface area (TPSA) is 115 Å². The number of aliphatic hydroxyl groups excluding tert-OH is 2. The van der Waals surface area contributed by atoms with Crippen LogP contribution in [0.1, 0.15) is 46.5 Å². The summed E-state index contributed by atoms with van der Waals surface area (Å²) in [6.45, 7) is 5.01. The molecule has 0 heterocycles. The first-order chi connectivity index (χ1) is 13.3. The lowest BCUT2D eigenvalue weighted by atomic mass is 9.44. The first-order valence-electron chi connectivity index (χ1n) is 10.3. The second kappa shape index (κ2) is 6.06. The van der Waals surface area contributed by atoms with E-state index in [1.807, 2.05) is 0 Å². The molecule has 0 radical (unpaired) electrons. The van der Waals surface area contributed by atoms with Gasteiger partial charge in [0.2, 0.25) is 12.1 Å². The number of aliphatic hydroxyl groups is 4. The van der Waals surface area contributed by atoms with Gasteiger partial charge in [0.1, 0.15) is 5.60 Å². The average Bonchev–Trinajstić information content (AvgIpc) is 2.84. The number of carbonyl (C=O) groups excluding carboxylic acids is 2. The monoisotopic (exact) mass is 408 g/mol. The van der Waals surface area contributed by atoms with Crippen LogP contribution in [0.25, 0.3) is 0 Å². The van der Waals surface area contributed by atoms with Crippen LogP contribution in [0.5, 0.6) is 0 Å². The Morgan fingerprint density at radius 3 is 2.55 bits per heavy atom. The second-order valence-corrected chi connectivity index (χ2v) is 9.91. The Bertz CT molecular complexity index is 835. The molecule has 3 saturated carbocycles. The molecule has 4 aliphatic carbocycles. The minimum absolute atomic E-state index is 0.186. The summed E-state index contributed by atoms with van der Waals surface area (Å²) in [5.74, 6) is -2.98. The number of carbonyl (C=O) groups is 2. The van der Waals surface area contributed by atoms with Gasteiger partial charge in [0.25, 0.3) is 0 Å². The van der Waals surface area contributed by atoms with Crippen LogP contribution in [0.2, 0.25) is 0 Å². The quantitative estimate of drug-likeness (QED) is 0.511. The lowest BCUT2D eigenvalue weighted by Crippen LogP contribution is -2.69. The number of alkyl halides is 1. The largest absolute Gasteiger partial charge is 0.390 e. The van der Waals surface area contributed by atoms with Gasteiger partial charge in [0.15, 0.2) is 11.5 Å². The van der Waals surface area contributed by atoms with Crippen LogP contribution in [0, 0.1) is 28.6 Å². The fraction of sp³-hybridized carbons (Fsp3) is 0.727. The summed E-state index contributed by atoms with van der Waals surface area (Å²) in [6.07, 6.45) is 1.56. The molecule has 7 heteroatoms. The zero-order valence-electron chi connectivity index (χ0n) is 16.9. The average molecular weight is 408 g/mol. The van der Waals surface area contributed by atoms with Crippen molar-refractivity contribution in [1.82, 2.24) is 0 Å². The molecule has 29 heavy (non-hydrogen) atoms. The molecule has 4 aliphatic rings. The Hall–Kier alpha value is -1.41. The summed E-state index contributed by atoms with van der Waals surface area (Å²) >= 11 is 0. The van der Waals surface area contributed by atoms with E-state index in [2.05, 4.69) is 0 Å². The van der Waals surface area contributed by atoms with Gasteiger partial charge in [0.05, 0.1) is 6.10 Å². The minimum Gasteiger partial charge on any atom is -0.390 e. The van der Waals surface area contributed by atoms with Crippen molar-refractivity contribution in [2.45, 2.75) is 70.1 Å². The summed E-state index contributed by atoms with van der Waals surface area (Å²) in [5, 5.41) is 41.5. The van der Waals surface area contributed by atoms with Gasteiger partial charge in [0, 0.05) is 16.7 Å². The zero-order chi connectivity index (χ0) is 21.6. The van der Waals surface area contributed by atoms with E-state index in [4.69, 9.17) is 0 Å². The highest BCUT2D eigenvalue weighted by molar-refractivity contribution is 6.01. The fourth-order valence-corrected chi connectivity index (χ4v) is 7.27. The van der Waals surface area contributed by atoms with E-state index in [1.165, 1.54) is 12.2 Å². The van der Waals surface area contributed by atoms with Crippen LogP contribution in [0.4, 0.5) is 4.39 Å². The standard InChI is InChI=1S/C22H29FO6/c1-11-8-15-14-5-4-12-9-13(24)6-7-19(12,2)21(14,23)16(25)10-20(15,3)22(11,29)17(26)18(27)28/h6-7,9,11,14-16,18,25,27-29H,4-5,8,10H2,1-3H3/t11-,14-,15-,16-,19-,20-,21-,22-/m0/s1. The van der Waals surface area contributed by atoms with Crippen LogP contribution in [0.3, 0.4) is 0 Å². The molecule has 0 amide bonds. The molecule has 0 aliphatic heterocycles. The van der Waals surface area contributed by atoms with E-state index in [0.717, 1.165) is 0 Å². The SMILES string of the molecule is C[C@H]1C[C@H]2[C@@H]3CCC4=CC(=O)C=C[C@]4(C)[C@@]3(F)[C@@H](O)C[C@]2(C)[C@@]1(O)C(=O)C(O)O. The number of allylic oxidation sites excluding steroid dienone is 4. The molecule has 3 fully saturated rings. The van der Waals surface area contributed by atoms with Gasteiger partial charge in [-0.25, -0.2) is 4.39 Å². The zero-order valence-corrected chi connectivity index (χ0v) is 16.9. The van der Waals surface area contributed by atoms with E-state index in [1.54, 1.807) is 26.8 Å². The van der Waals surface area contributed by atoms with E-state index < -0.39 is 58.0 Å². The van der Waals surface area contributed by atoms with Crippen LogP contribution >= 0.6 is 0 Å². The van der Waals surface area contributed by atoms with Crippen molar-refractivity contribution in [1.29, 1.82) is 0 Å². The van der Waals surface area contributed by atoms with Crippen molar-refractivity contribution < 1.29 is 34.4 Å². The molecule has 160 valence electrons. The van der Waals surface area contributed by atoms with Crippen molar-refractivity contribution in [2.24, 2.45) is 28.6 Å². The molecule has 0 aromatic carbocycles. The Morgan fingerprint density at radius 2 is 1.93 bits per heavy atom. The minimum atomic E-state index is -2.34. The molecule has 6 nitrogen and oxygen atoms in total. The predicted octanol–water partition coefficient (Wildman–Crippen LogP) is 1.21. The van der Waals surface area contributed by atoms with Gasteiger partial charge in [-0.1, -0.05) is 25.5 Å². The third kappa shape index (κ3) is 2.25. The first-order valence-corrected chi connectivity index (χ1v) is 10.3. The summed E-state index contributed by atoms with van der Waals surface area (Å²) in [5.41, 5.74) is -5.80. The summed E-state index contributed by atoms with van der Waals surface area (Å²) in [4.78, 5) is 24.5. The molecule has 0 unspecified atom stereocenters. The van der Waals surface area contributed by atoms with Crippen molar-refractivity contribution >= 4 is 11.6 Å². The number of hydrogen-bond donors (Lipinski definition) is 4. The number of ketones is 2. The molecular formula is C22H29FO6. The van der Waals surface area contributed by atoms with Crippen molar-refractivity contribution in [3.8, 4) is 0 Å². The van der Waals surface area contributed by atoms with E-state index in [0.29, 0.717) is 24.8 Å². The first kappa shape index (κ1) is 20.8. The molecule has 4 rings (SSSR count). The van der Waals surface area contributed by atoms with E-state index in [9.17, 15) is 30.0 Å². The van der Waals surface area contributed by atoms with Crippen molar-refractivity contribution in [3.63, 3.8) is 0 Å². The highest BCUT2D eigenvalue weighted by atomic mass is 19.1. The molecule has 0 saturated heterocycles. The number of hydrogen-bond acceptors (Lipinski definition) is 6. The number of Topliss-reactive ketones (excluding diaryl/α,β-unsaturated/α-hetero) is 1. The van der Waals surface area contributed by atoms with E-state index in [-0.39, 0.29) is 12.2 Å². The molecule has 0 aromatic rings. The fourth-order valence-electron chi connectivity index (χ4n) is 7.27. The molecule has 0 bridgehead atoms. The van der Waals surface area contributed by atoms with Crippen molar-refractivity contribution in [2.75, 3.05) is 0 Å². The highest BCUT2D eigenvalue weighted by Gasteiger charge is 2.75. The van der Waals surface area contributed by atoms with Gasteiger partial charge in [-0.05, 0) is 56.6 Å². The van der Waals surface area contributed by atoms with Crippen LogP contribution in [-0.4, -0.2) is 55.7 Å². The lowest BCUT2D eigenvalue weighted by Gasteiger charge is -2.62. The maximum atomic E-state index is 16.9. The summed E-state index contributed by atoms with van der Waals surface area (Å²) in [7, 11) is 0. The number of fused-ring (bicyclic) bond motifs is 5. The number of rotatable bonds is 2. The predicted molar refractivity (Wildman–Crippen MR) is 101 cm³/mol. The van der Waals surface area contributed by atoms with E-state index >= 15 is 4.39 Å². The van der Waals surface area contributed by atoms with Gasteiger partial charge < -0.3 is 20.4 Å². The summed E-state index contributed by atoms with van der Waals surface area (Å²) in [6, 6.07) is 0. The summed E-state index contributed by atoms with van der Waals surface area (Å²) < 4.78 is 16.9. The smallest absolute Gasteiger partial charge is 0.220 e.